The van der Waals surface area contributed by atoms with Gasteiger partial charge in [0.2, 0.25) is 5.75 Å². The monoisotopic (exact) mass is 265 g/mol. The highest BCUT2D eigenvalue weighted by molar-refractivity contribution is 7.07. The first-order chi connectivity index (χ1) is 8.70. The van der Waals surface area contributed by atoms with E-state index < -0.39 is 0 Å². The summed E-state index contributed by atoms with van der Waals surface area (Å²) in [5.74, 6) is 0.693. The van der Waals surface area contributed by atoms with E-state index in [-0.39, 0.29) is 17.4 Å². The Morgan fingerprint density at radius 2 is 2.44 bits per heavy atom. The van der Waals surface area contributed by atoms with Crippen LogP contribution in [0.3, 0.4) is 0 Å². The van der Waals surface area contributed by atoms with Crippen LogP contribution in [-0.4, -0.2) is 23.1 Å². The van der Waals surface area contributed by atoms with E-state index in [4.69, 9.17) is 4.74 Å². The lowest BCUT2D eigenvalue weighted by atomic mass is 10.1. The molecule has 1 atom stereocenters. The number of anilines is 1. The van der Waals surface area contributed by atoms with Gasteiger partial charge in [0.25, 0.3) is 5.56 Å². The number of aromatic amines is 1. The molecule has 5 nitrogen and oxygen atoms in total. The second-order valence-corrected chi connectivity index (χ2v) is 4.77. The molecule has 1 unspecified atom stereocenters. The molecule has 6 heteroatoms. The zero-order chi connectivity index (χ0) is 13.0. The molecule has 0 saturated carbocycles. The second kappa shape index (κ2) is 5.68. The number of thiophene rings is 1. The highest BCUT2D eigenvalue weighted by atomic mass is 32.1. The maximum atomic E-state index is 11.5. The minimum atomic E-state index is -0.280. The van der Waals surface area contributed by atoms with Crippen LogP contribution in [0, 0.1) is 0 Å². The van der Waals surface area contributed by atoms with Gasteiger partial charge in [0.15, 0.2) is 5.82 Å². The largest absolute Gasteiger partial charge is 0.489 e. The predicted molar refractivity (Wildman–Crippen MR) is 72.5 cm³/mol. The molecule has 2 heterocycles. The number of hydrogen-bond acceptors (Lipinski definition) is 5. The number of nitrogens with zero attached hydrogens (tertiary/aromatic N) is 1. The van der Waals surface area contributed by atoms with Gasteiger partial charge in [-0.2, -0.15) is 11.3 Å². The third-order valence-corrected chi connectivity index (χ3v) is 3.25. The van der Waals surface area contributed by atoms with Crippen LogP contribution in [0.15, 0.2) is 27.9 Å². The number of nitrogens with one attached hydrogen (secondary N) is 2. The summed E-state index contributed by atoms with van der Waals surface area (Å²) in [6, 6.07) is 2.26. The molecule has 2 rings (SSSR count). The molecule has 2 aromatic heterocycles. The van der Waals surface area contributed by atoms with Gasteiger partial charge in [-0.1, -0.05) is 0 Å². The fourth-order valence-electron chi connectivity index (χ4n) is 1.73. The van der Waals surface area contributed by atoms with Crippen LogP contribution < -0.4 is 15.6 Å². The van der Waals surface area contributed by atoms with Crippen molar-refractivity contribution in [2.24, 2.45) is 0 Å². The van der Waals surface area contributed by atoms with Crippen molar-refractivity contribution in [3.8, 4) is 5.75 Å². The van der Waals surface area contributed by atoms with Crippen LogP contribution in [-0.2, 0) is 6.42 Å². The highest BCUT2D eigenvalue weighted by Gasteiger charge is 2.11. The van der Waals surface area contributed by atoms with E-state index in [1.54, 1.807) is 11.3 Å². The molecule has 0 amide bonds. The van der Waals surface area contributed by atoms with Gasteiger partial charge < -0.3 is 15.0 Å². The summed E-state index contributed by atoms with van der Waals surface area (Å²) >= 11 is 1.67. The van der Waals surface area contributed by atoms with Crippen molar-refractivity contribution < 1.29 is 4.74 Å². The Bertz CT molecular complexity index is 551. The zero-order valence-electron chi connectivity index (χ0n) is 10.3. The molecule has 0 aliphatic rings. The summed E-state index contributed by atoms with van der Waals surface area (Å²) in [6.45, 7) is 2.04. The minimum absolute atomic E-state index is 0.169. The van der Waals surface area contributed by atoms with E-state index in [0.29, 0.717) is 5.82 Å². The highest BCUT2D eigenvalue weighted by Crippen LogP contribution is 2.17. The Morgan fingerprint density at radius 1 is 1.61 bits per heavy atom. The van der Waals surface area contributed by atoms with E-state index >= 15 is 0 Å². The van der Waals surface area contributed by atoms with E-state index in [9.17, 15) is 4.79 Å². The quantitative estimate of drug-likeness (QED) is 0.866. The lowest BCUT2D eigenvalue weighted by Crippen LogP contribution is -2.22. The Labute approximate surface area is 109 Å². The molecule has 2 aromatic rings. The van der Waals surface area contributed by atoms with E-state index in [0.717, 1.165) is 6.42 Å². The van der Waals surface area contributed by atoms with Crippen molar-refractivity contribution in [2.75, 3.05) is 12.4 Å². The average Bonchev–Trinajstić information content (AvgIpc) is 2.82. The van der Waals surface area contributed by atoms with Crippen molar-refractivity contribution in [3.05, 3.63) is 39.1 Å². The van der Waals surface area contributed by atoms with Crippen molar-refractivity contribution >= 4 is 17.2 Å². The number of methoxy groups -OCH3 is 1. The number of rotatable bonds is 5. The van der Waals surface area contributed by atoms with Gasteiger partial charge in [0, 0.05) is 6.04 Å². The Balaban J connectivity index is 2.09. The molecule has 0 aliphatic heterocycles. The Kier molecular flexibility index (Phi) is 3.99. The van der Waals surface area contributed by atoms with Gasteiger partial charge in [0.05, 0.1) is 13.4 Å². The van der Waals surface area contributed by atoms with Crippen LogP contribution >= 0.6 is 11.3 Å². The van der Waals surface area contributed by atoms with Crippen molar-refractivity contribution in [3.63, 3.8) is 0 Å². The standard InChI is InChI=1S/C12H15N3O2S/c1-8(5-9-3-4-18-6-9)15-11-10(17-2)12(16)14-7-13-11/h3-4,6-8H,5H2,1-2H3,(H2,13,14,15,16). The first-order valence-electron chi connectivity index (χ1n) is 5.60. The number of hydrogen-bond donors (Lipinski definition) is 2. The molecule has 0 bridgehead atoms. The minimum Gasteiger partial charge on any atom is -0.489 e. The number of aromatic nitrogens is 2. The van der Waals surface area contributed by atoms with Crippen LogP contribution in [0.1, 0.15) is 12.5 Å². The smallest absolute Gasteiger partial charge is 0.295 e. The van der Waals surface area contributed by atoms with E-state index in [1.165, 1.54) is 19.0 Å². The molecule has 0 saturated heterocycles. The van der Waals surface area contributed by atoms with Crippen molar-refractivity contribution in [2.45, 2.75) is 19.4 Å². The molecule has 18 heavy (non-hydrogen) atoms. The van der Waals surface area contributed by atoms with Crippen molar-refractivity contribution in [1.82, 2.24) is 9.97 Å². The molecule has 0 aromatic carbocycles. The third kappa shape index (κ3) is 2.89. The van der Waals surface area contributed by atoms with Gasteiger partial charge in [0.1, 0.15) is 0 Å². The van der Waals surface area contributed by atoms with E-state index in [2.05, 4.69) is 26.7 Å². The van der Waals surface area contributed by atoms with Crippen LogP contribution in [0.4, 0.5) is 5.82 Å². The molecular weight excluding hydrogens is 250 g/mol. The Hall–Kier alpha value is -1.82. The first-order valence-corrected chi connectivity index (χ1v) is 6.54. The zero-order valence-corrected chi connectivity index (χ0v) is 11.1. The Morgan fingerprint density at radius 3 is 3.11 bits per heavy atom. The molecule has 96 valence electrons. The average molecular weight is 265 g/mol. The summed E-state index contributed by atoms with van der Waals surface area (Å²) in [6.07, 6.45) is 2.24. The fourth-order valence-corrected chi connectivity index (χ4v) is 2.41. The van der Waals surface area contributed by atoms with Gasteiger partial charge in [-0.3, -0.25) is 4.79 Å². The SMILES string of the molecule is COc1c(NC(C)Cc2ccsc2)nc[nH]c1=O. The van der Waals surface area contributed by atoms with Gasteiger partial charge in [-0.05, 0) is 35.7 Å². The van der Waals surface area contributed by atoms with Crippen molar-refractivity contribution in [1.29, 1.82) is 0 Å². The summed E-state index contributed by atoms with van der Waals surface area (Å²) in [5.41, 5.74) is 0.988. The number of ether oxygens (including phenoxy) is 1. The summed E-state index contributed by atoms with van der Waals surface area (Å²) in [7, 11) is 1.46. The summed E-state index contributed by atoms with van der Waals surface area (Å²) < 4.78 is 5.05. The molecule has 0 radical (unpaired) electrons. The van der Waals surface area contributed by atoms with Crippen LogP contribution in [0.5, 0.6) is 5.75 Å². The predicted octanol–water partition coefficient (Wildman–Crippen LogP) is 1.88. The van der Waals surface area contributed by atoms with Gasteiger partial charge >= 0.3 is 0 Å². The lowest BCUT2D eigenvalue weighted by Gasteiger charge is -2.15. The normalized spacial score (nSPS) is 12.1. The molecule has 0 spiro atoms. The van der Waals surface area contributed by atoms with E-state index in [1.807, 2.05) is 12.3 Å². The maximum absolute atomic E-state index is 11.5. The lowest BCUT2D eigenvalue weighted by molar-refractivity contribution is 0.407. The molecule has 0 fully saturated rings. The molecule has 0 aliphatic carbocycles. The first kappa shape index (κ1) is 12.6. The maximum Gasteiger partial charge on any atom is 0.295 e. The van der Waals surface area contributed by atoms with Crippen LogP contribution in [0.2, 0.25) is 0 Å². The topological polar surface area (TPSA) is 67.0 Å². The van der Waals surface area contributed by atoms with Crippen LogP contribution in [0.25, 0.3) is 0 Å². The summed E-state index contributed by atoms with van der Waals surface area (Å²) in [5, 5.41) is 7.35. The number of H-pyrrole nitrogens is 1. The fraction of sp³-hybridized carbons (Fsp3) is 0.333. The second-order valence-electron chi connectivity index (χ2n) is 3.99. The summed E-state index contributed by atoms with van der Waals surface area (Å²) in [4.78, 5) is 18.1. The third-order valence-electron chi connectivity index (χ3n) is 2.52. The van der Waals surface area contributed by atoms with Gasteiger partial charge in [-0.15, -0.1) is 0 Å². The van der Waals surface area contributed by atoms with Gasteiger partial charge in [-0.25, -0.2) is 4.98 Å². The molecule has 2 N–H and O–H groups in total. The molecular formula is C12H15N3O2S.